The monoisotopic (exact) mass is 263 g/mol. The van der Waals surface area contributed by atoms with Crippen LogP contribution < -0.4 is 11.1 Å². The van der Waals surface area contributed by atoms with E-state index in [4.69, 9.17) is 5.73 Å². The van der Waals surface area contributed by atoms with Gasteiger partial charge in [-0.1, -0.05) is 31.5 Å². The van der Waals surface area contributed by atoms with Crippen LogP contribution in [0, 0.1) is 0 Å². The predicted molar refractivity (Wildman–Crippen MR) is 75.6 cm³/mol. The molecule has 5 heteroatoms. The number of anilines is 1. The minimum Gasteiger partial charge on any atom is -0.376 e. The van der Waals surface area contributed by atoms with Crippen LogP contribution in [0.3, 0.4) is 0 Å². The molecule has 0 aromatic heterocycles. The van der Waals surface area contributed by atoms with Crippen LogP contribution in [0.5, 0.6) is 0 Å². The lowest BCUT2D eigenvalue weighted by Crippen LogP contribution is -2.41. The number of nitrogens with one attached hydrogen (secondary N) is 1. The van der Waals surface area contributed by atoms with Crippen LogP contribution in [0.4, 0.5) is 5.69 Å². The van der Waals surface area contributed by atoms with E-state index in [1.54, 1.807) is 0 Å². The molecule has 0 aliphatic rings. The minimum atomic E-state index is -0.482. The second-order valence-electron chi connectivity index (χ2n) is 4.35. The van der Waals surface area contributed by atoms with Gasteiger partial charge in [-0.05, 0) is 18.6 Å². The molecule has 0 heterocycles. The van der Waals surface area contributed by atoms with Gasteiger partial charge in [-0.3, -0.25) is 9.59 Å². The maximum atomic E-state index is 12.0. The Hall–Kier alpha value is -2.04. The lowest BCUT2D eigenvalue weighted by Gasteiger charge is -2.21. The number of amides is 2. The van der Waals surface area contributed by atoms with Crippen LogP contribution in [-0.4, -0.2) is 36.3 Å². The van der Waals surface area contributed by atoms with Crippen LogP contribution in [0.25, 0.3) is 0 Å². The van der Waals surface area contributed by atoms with Crippen LogP contribution in [0.15, 0.2) is 30.3 Å². The molecule has 0 radical (unpaired) electrons. The molecule has 0 unspecified atom stereocenters. The third-order valence-corrected chi connectivity index (χ3v) is 2.70. The van der Waals surface area contributed by atoms with Gasteiger partial charge < -0.3 is 16.0 Å². The fourth-order valence-electron chi connectivity index (χ4n) is 1.67. The van der Waals surface area contributed by atoms with Crippen molar-refractivity contribution in [1.29, 1.82) is 0 Å². The quantitative estimate of drug-likeness (QED) is 0.740. The van der Waals surface area contributed by atoms with Crippen molar-refractivity contribution in [2.45, 2.75) is 19.8 Å². The fourth-order valence-corrected chi connectivity index (χ4v) is 1.67. The van der Waals surface area contributed by atoms with Gasteiger partial charge >= 0.3 is 0 Å². The van der Waals surface area contributed by atoms with Crippen molar-refractivity contribution in [3.05, 3.63) is 30.3 Å². The summed E-state index contributed by atoms with van der Waals surface area (Å²) < 4.78 is 0. The van der Waals surface area contributed by atoms with Gasteiger partial charge in [0.1, 0.15) is 0 Å². The third kappa shape index (κ3) is 5.90. The SMILES string of the molecule is CCCCN(CC(N)=O)C(=O)CNc1ccccc1. The summed E-state index contributed by atoms with van der Waals surface area (Å²) in [6.07, 6.45) is 1.83. The van der Waals surface area contributed by atoms with Crippen LogP contribution in [-0.2, 0) is 9.59 Å². The molecule has 0 saturated carbocycles. The molecular weight excluding hydrogens is 242 g/mol. The zero-order valence-electron chi connectivity index (χ0n) is 11.3. The summed E-state index contributed by atoms with van der Waals surface area (Å²) in [6, 6.07) is 9.47. The summed E-state index contributed by atoms with van der Waals surface area (Å²) in [4.78, 5) is 24.5. The van der Waals surface area contributed by atoms with Gasteiger partial charge in [0.2, 0.25) is 11.8 Å². The first-order chi connectivity index (χ1) is 9.13. The van der Waals surface area contributed by atoms with E-state index in [1.807, 2.05) is 37.3 Å². The van der Waals surface area contributed by atoms with Gasteiger partial charge in [0.15, 0.2) is 0 Å². The molecule has 0 fully saturated rings. The Bertz CT molecular complexity index is 406. The standard InChI is InChI=1S/C14H21N3O2/c1-2-3-9-17(11-13(15)18)14(19)10-16-12-7-5-4-6-8-12/h4-8,16H,2-3,9-11H2,1H3,(H2,15,18). The Morgan fingerprint density at radius 3 is 2.53 bits per heavy atom. The zero-order chi connectivity index (χ0) is 14.1. The molecule has 0 spiro atoms. The summed E-state index contributed by atoms with van der Waals surface area (Å²) in [5, 5.41) is 3.03. The van der Waals surface area contributed by atoms with E-state index in [2.05, 4.69) is 5.32 Å². The van der Waals surface area contributed by atoms with Gasteiger partial charge in [0.25, 0.3) is 0 Å². The first kappa shape index (κ1) is 15.0. The second-order valence-corrected chi connectivity index (χ2v) is 4.35. The molecule has 1 aromatic rings. The summed E-state index contributed by atoms with van der Waals surface area (Å²) in [5.74, 6) is -0.597. The number of unbranched alkanes of at least 4 members (excludes halogenated alkanes) is 1. The van der Waals surface area contributed by atoms with Crippen molar-refractivity contribution >= 4 is 17.5 Å². The molecule has 0 aliphatic carbocycles. The number of primary amides is 1. The normalized spacial score (nSPS) is 9.95. The Morgan fingerprint density at radius 2 is 1.95 bits per heavy atom. The maximum absolute atomic E-state index is 12.0. The number of hydrogen-bond donors (Lipinski definition) is 2. The number of nitrogens with zero attached hydrogens (tertiary/aromatic N) is 1. The Kier molecular flexibility index (Phi) is 6.43. The highest BCUT2D eigenvalue weighted by Crippen LogP contribution is 2.05. The molecule has 0 bridgehead atoms. The van der Waals surface area contributed by atoms with E-state index >= 15 is 0 Å². The van der Waals surface area contributed by atoms with E-state index in [1.165, 1.54) is 4.90 Å². The van der Waals surface area contributed by atoms with Crippen molar-refractivity contribution in [2.75, 3.05) is 25.0 Å². The number of carbonyl (C=O) groups is 2. The summed E-state index contributed by atoms with van der Waals surface area (Å²) in [5.41, 5.74) is 6.04. The number of nitrogens with two attached hydrogens (primary N) is 1. The zero-order valence-corrected chi connectivity index (χ0v) is 11.3. The fraction of sp³-hybridized carbons (Fsp3) is 0.429. The highest BCUT2D eigenvalue weighted by atomic mass is 16.2. The maximum Gasteiger partial charge on any atom is 0.242 e. The van der Waals surface area contributed by atoms with Crippen molar-refractivity contribution in [2.24, 2.45) is 5.73 Å². The molecule has 3 N–H and O–H groups in total. The Labute approximate surface area is 113 Å². The van der Waals surface area contributed by atoms with Crippen LogP contribution >= 0.6 is 0 Å². The number of para-hydroxylation sites is 1. The van der Waals surface area contributed by atoms with Crippen molar-refractivity contribution in [3.8, 4) is 0 Å². The topological polar surface area (TPSA) is 75.4 Å². The molecule has 19 heavy (non-hydrogen) atoms. The van der Waals surface area contributed by atoms with Gasteiger partial charge in [-0.25, -0.2) is 0 Å². The predicted octanol–water partition coefficient (Wildman–Crippen LogP) is 1.21. The Morgan fingerprint density at radius 1 is 1.26 bits per heavy atom. The first-order valence-electron chi connectivity index (χ1n) is 6.48. The smallest absolute Gasteiger partial charge is 0.242 e. The van der Waals surface area contributed by atoms with Gasteiger partial charge in [-0.15, -0.1) is 0 Å². The van der Waals surface area contributed by atoms with E-state index in [9.17, 15) is 9.59 Å². The minimum absolute atomic E-state index is 0.0185. The van der Waals surface area contributed by atoms with E-state index < -0.39 is 5.91 Å². The third-order valence-electron chi connectivity index (χ3n) is 2.70. The van der Waals surface area contributed by atoms with Crippen LogP contribution in [0.2, 0.25) is 0 Å². The number of carbonyl (C=O) groups excluding carboxylic acids is 2. The molecule has 104 valence electrons. The lowest BCUT2D eigenvalue weighted by atomic mass is 10.3. The van der Waals surface area contributed by atoms with E-state index in [-0.39, 0.29) is 19.0 Å². The molecule has 0 atom stereocenters. The molecule has 1 rings (SSSR count). The highest BCUT2D eigenvalue weighted by molar-refractivity contribution is 5.86. The number of rotatable bonds is 8. The van der Waals surface area contributed by atoms with Gasteiger partial charge in [0, 0.05) is 12.2 Å². The van der Waals surface area contributed by atoms with Crippen molar-refractivity contribution < 1.29 is 9.59 Å². The van der Waals surface area contributed by atoms with Gasteiger partial charge in [-0.2, -0.15) is 0 Å². The molecule has 2 amide bonds. The summed E-state index contributed by atoms with van der Waals surface area (Å²) in [6.45, 7) is 2.75. The summed E-state index contributed by atoms with van der Waals surface area (Å²) >= 11 is 0. The molecule has 0 saturated heterocycles. The largest absolute Gasteiger partial charge is 0.376 e. The average molecular weight is 263 g/mol. The highest BCUT2D eigenvalue weighted by Gasteiger charge is 2.14. The van der Waals surface area contributed by atoms with Crippen molar-refractivity contribution in [1.82, 2.24) is 4.90 Å². The van der Waals surface area contributed by atoms with Crippen LogP contribution in [0.1, 0.15) is 19.8 Å². The Balaban J connectivity index is 2.48. The summed E-state index contributed by atoms with van der Waals surface area (Å²) in [7, 11) is 0. The molecule has 1 aromatic carbocycles. The second kappa shape index (κ2) is 8.13. The van der Waals surface area contributed by atoms with E-state index in [0.29, 0.717) is 6.54 Å². The first-order valence-corrected chi connectivity index (χ1v) is 6.48. The number of hydrogen-bond acceptors (Lipinski definition) is 3. The molecular formula is C14H21N3O2. The van der Waals surface area contributed by atoms with Gasteiger partial charge in [0.05, 0.1) is 13.1 Å². The molecule has 0 aliphatic heterocycles. The van der Waals surface area contributed by atoms with E-state index in [0.717, 1.165) is 18.5 Å². The average Bonchev–Trinajstić information content (AvgIpc) is 2.41. The number of benzene rings is 1. The lowest BCUT2D eigenvalue weighted by molar-refractivity contribution is -0.133. The molecule has 5 nitrogen and oxygen atoms in total. The van der Waals surface area contributed by atoms with Crippen molar-refractivity contribution in [3.63, 3.8) is 0 Å².